The van der Waals surface area contributed by atoms with E-state index >= 15 is 0 Å². The largest absolute Gasteiger partial charge is 0.503 e. The average molecular weight is 120 g/mol. The lowest BCUT2D eigenvalue weighted by Crippen LogP contribution is -2.00. The van der Waals surface area contributed by atoms with E-state index < -0.39 is 6.16 Å². The normalized spacial score (nSPS) is 6.12. The Labute approximate surface area is 46.3 Å². The van der Waals surface area contributed by atoms with E-state index in [0.717, 1.165) is 0 Å². The zero-order chi connectivity index (χ0) is 7.15. The van der Waals surface area contributed by atoms with Crippen LogP contribution in [0.1, 0.15) is 6.92 Å². The number of rotatable bonds is 0. The minimum absolute atomic E-state index is 0.167. The minimum atomic E-state index is -1.83. The molecule has 0 bridgehead atoms. The van der Waals surface area contributed by atoms with Crippen LogP contribution < -0.4 is 5.73 Å². The third-order valence-electron chi connectivity index (χ3n) is 0. The molecular weight excluding hydrogens is 112 g/mol. The molecule has 0 fully saturated rings. The van der Waals surface area contributed by atoms with Crippen LogP contribution in [0.15, 0.2) is 0 Å². The molecule has 0 aromatic carbocycles. The molecule has 0 aromatic rings. The lowest BCUT2D eigenvalue weighted by atomic mass is 10.8. The van der Waals surface area contributed by atoms with Gasteiger partial charge in [-0.05, 0) is 6.92 Å². The SMILES string of the molecule is CC(=N)N.O=C(O)O. The quantitative estimate of drug-likeness (QED) is 0.270. The smallest absolute Gasteiger partial charge is 0.450 e. The third-order valence-corrected chi connectivity index (χ3v) is 0. The Morgan fingerprint density at radius 3 is 1.62 bits per heavy atom. The molecule has 0 aliphatic rings. The van der Waals surface area contributed by atoms with Crippen molar-refractivity contribution in [1.29, 1.82) is 5.41 Å². The molecule has 0 aliphatic heterocycles. The van der Waals surface area contributed by atoms with Gasteiger partial charge in [-0.2, -0.15) is 0 Å². The molecule has 5 heteroatoms. The second kappa shape index (κ2) is 5.74. The van der Waals surface area contributed by atoms with Gasteiger partial charge in [0.15, 0.2) is 0 Å². The predicted molar refractivity (Wildman–Crippen MR) is 28.2 cm³/mol. The molecule has 0 atom stereocenters. The Kier molecular flexibility index (Phi) is 7.09. The molecule has 0 saturated carbocycles. The average Bonchev–Trinajstić information content (AvgIpc) is 1.25. The number of hydrogen-bond acceptors (Lipinski definition) is 2. The van der Waals surface area contributed by atoms with Gasteiger partial charge in [-0.15, -0.1) is 0 Å². The molecular formula is C3H8N2O3. The lowest BCUT2D eigenvalue weighted by molar-refractivity contribution is 0.137. The van der Waals surface area contributed by atoms with Crippen molar-refractivity contribution < 1.29 is 15.0 Å². The van der Waals surface area contributed by atoms with Crippen LogP contribution in [0.5, 0.6) is 0 Å². The summed E-state index contributed by atoms with van der Waals surface area (Å²) >= 11 is 0. The maximum absolute atomic E-state index is 8.56. The molecule has 0 heterocycles. The van der Waals surface area contributed by atoms with Crippen LogP contribution in [0, 0.1) is 5.41 Å². The summed E-state index contributed by atoms with van der Waals surface area (Å²) in [6.07, 6.45) is -1.83. The fourth-order valence-electron chi connectivity index (χ4n) is 0. The van der Waals surface area contributed by atoms with E-state index in [1.165, 1.54) is 6.92 Å². The highest BCUT2D eigenvalue weighted by atomic mass is 16.6. The second-order valence-corrected chi connectivity index (χ2v) is 0.966. The summed E-state index contributed by atoms with van der Waals surface area (Å²) in [5.74, 6) is 0.167. The van der Waals surface area contributed by atoms with E-state index in [-0.39, 0.29) is 5.84 Å². The first-order valence-corrected chi connectivity index (χ1v) is 1.69. The van der Waals surface area contributed by atoms with Crippen LogP contribution in [0.4, 0.5) is 4.79 Å². The molecule has 8 heavy (non-hydrogen) atoms. The van der Waals surface area contributed by atoms with E-state index in [2.05, 4.69) is 0 Å². The van der Waals surface area contributed by atoms with Crippen LogP contribution in [0.3, 0.4) is 0 Å². The number of nitrogens with two attached hydrogens (primary N) is 1. The summed E-state index contributed by atoms with van der Waals surface area (Å²) < 4.78 is 0. The van der Waals surface area contributed by atoms with Gasteiger partial charge in [-0.25, -0.2) is 4.79 Å². The Bertz CT molecular complexity index is 70.5. The van der Waals surface area contributed by atoms with Crippen molar-refractivity contribution in [3.63, 3.8) is 0 Å². The van der Waals surface area contributed by atoms with Gasteiger partial charge in [0, 0.05) is 0 Å². The second-order valence-electron chi connectivity index (χ2n) is 0.966. The lowest BCUT2D eigenvalue weighted by Gasteiger charge is -1.66. The highest BCUT2D eigenvalue weighted by molar-refractivity contribution is 5.73. The van der Waals surface area contributed by atoms with E-state index in [1.54, 1.807) is 0 Å². The van der Waals surface area contributed by atoms with Gasteiger partial charge < -0.3 is 15.9 Å². The van der Waals surface area contributed by atoms with Crippen molar-refractivity contribution in [2.75, 3.05) is 0 Å². The Balaban J connectivity index is 0. The van der Waals surface area contributed by atoms with E-state index in [9.17, 15) is 0 Å². The third kappa shape index (κ3) is 41.8. The number of carbonyl (C=O) groups is 1. The molecule has 0 unspecified atom stereocenters. The zero-order valence-electron chi connectivity index (χ0n) is 4.38. The van der Waals surface area contributed by atoms with Gasteiger partial charge in [0.1, 0.15) is 0 Å². The van der Waals surface area contributed by atoms with E-state index in [4.69, 9.17) is 26.2 Å². The van der Waals surface area contributed by atoms with Crippen LogP contribution in [-0.4, -0.2) is 22.2 Å². The molecule has 48 valence electrons. The van der Waals surface area contributed by atoms with Gasteiger partial charge >= 0.3 is 6.16 Å². The highest BCUT2D eigenvalue weighted by Gasteiger charge is 1.70. The molecule has 5 N–H and O–H groups in total. The molecule has 5 nitrogen and oxygen atoms in total. The topological polar surface area (TPSA) is 107 Å². The van der Waals surface area contributed by atoms with Crippen LogP contribution in [-0.2, 0) is 0 Å². The Hall–Kier alpha value is -1.26. The molecule has 0 spiro atoms. The van der Waals surface area contributed by atoms with Crippen molar-refractivity contribution in [2.45, 2.75) is 6.92 Å². The van der Waals surface area contributed by atoms with Gasteiger partial charge in [-0.1, -0.05) is 0 Å². The molecule has 0 amide bonds. The minimum Gasteiger partial charge on any atom is -0.450 e. The number of nitrogens with one attached hydrogen (secondary N) is 1. The summed E-state index contributed by atoms with van der Waals surface area (Å²) in [5.41, 5.74) is 4.69. The van der Waals surface area contributed by atoms with Crippen LogP contribution >= 0.6 is 0 Å². The fourth-order valence-corrected chi connectivity index (χ4v) is 0. The molecule has 0 radical (unpaired) electrons. The highest BCUT2D eigenvalue weighted by Crippen LogP contribution is 1.42. The summed E-state index contributed by atoms with van der Waals surface area (Å²) in [6.45, 7) is 1.53. The predicted octanol–water partition coefficient (Wildman–Crippen LogP) is 0.165. The maximum Gasteiger partial charge on any atom is 0.503 e. The summed E-state index contributed by atoms with van der Waals surface area (Å²) in [6, 6.07) is 0. The van der Waals surface area contributed by atoms with E-state index in [1.807, 2.05) is 0 Å². The van der Waals surface area contributed by atoms with Crippen molar-refractivity contribution in [2.24, 2.45) is 5.73 Å². The number of carboxylic acid groups (broad SMARTS) is 2. The summed E-state index contributed by atoms with van der Waals surface area (Å²) in [5, 5.41) is 20.2. The van der Waals surface area contributed by atoms with Gasteiger partial charge in [0.25, 0.3) is 0 Å². The molecule has 0 saturated heterocycles. The first kappa shape index (κ1) is 9.88. The van der Waals surface area contributed by atoms with Crippen LogP contribution in [0.25, 0.3) is 0 Å². The molecule has 0 aromatic heterocycles. The van der Waals surface area contributed by atoms with Crippen LogP contribution in [0.2, 0.25) is 0 Å². The number of amidine groups is 1. The Morgan fingerprint density at radius 2 is 1.62 bits per heavy atom. The van der Waals surface area contributed by atoms with Crippen molar-refractivity contribution >= 4 is 12.0 Å². The maximum atomic E-state index is 8.56. The zero-order valence-corrected chi connectivity index (χ0v) is 4.38. The summed E-state index contributed by atoms with van der Waals surface area (Å²) in [7, 11) is 0. The monoisotopic (exact) mass is 120 g/mol. The van der Waals surface area contributed by atoms with Crippen molar-refractivity contribution in [3.05, 3.63) is 0 Å². The standard InChI is InChI=1S/C2H6N2.CH2O3/c1-2(3)4;2-1(3)4/h1H3,(H3,3,4);(H2,2,3,4). The Morgan fingerprint density at radius 1 is 1.62 bits per heavy atom. The summed E-state index contributed by atoms with van der Waals surface area (Å²) in [4.78, 5) is 8.56. The van der Waals surface area contributed by atoms with Gasteiger partial charge in [0.05, 0.1) is 5.84 Å². The van der Waals surface area contributed by atoms with Gasteiger partial charge in [-0.3, -0.25) is 5.41 Å². The fraction of sp³-hybridized carbons (Fsp3) is 0.333. The first-order chi connectivity index (χ1) is 3.46. The molecule has 0 rings (SSSR count). The van der Waals surface area contributed by atoms with Crippen molar-refractivity contribution in [3.8, 4) is 0 Å². The first-order valence-electron chi connectivity index (χ1n) is 1.69. The van der Waals surface area contributed by atoms with Crippen molar-refractivity contribution in [1.82, 2.24) is 0 Å². The number of hydrogen-bond donors (Lipinski definition) is 4. The molecule has 0 aliphatic carbocycles. The van der Waals surface area contributed by atoms with E-state index in [0.29, 0.717) is 0 Å². The van der Waals surface area contributed by atoms with Gasteiger partial charge in [0.2, 0.25) is 0 Å².